The summed E-state index contributed by atoms with van der Waals surface area (Å²) in [6.07, 6.45) is 0. The summed E-state index contributed by atoms with van der Waals surface area (Å²) in [6, 6.07) is 166. The van der Waals surface area contributed by atoms with Crippen molar-refractivity contribution < 1.29 is 13.3 Å². The summed E-state index contributed by atoms with van der Waals surface area (Å²) in [4.78, 5) is 46.1. The van der Waals surface area contributed by atoms with E-state index in [1.165, 1.54) is 49.0 Å². The number of nitrogens with zero attached hydrogens (tertiary/aromatic N) is 9. The minimum Gasteiger partial charge on any atom is -0.456 e. The smallest absolute Gasteiger partial charge is 0.165 e. The molecule has 6 aromatic heterocycles. The first-order valence-corrected chi connectivity index (χ1v) is 47.9. The zero-order valence-corrected chi connectivity index (χ0v) is 76.9. The normalized spacial score (nSPS) is 11.6. The lowest BCUT2D eigenvalue weighted by Gasteiger charge is -2.12. The highest BCUT2D eigenvalue weighted by Crippen LogP contribution is 2.48. The second-order valence-electron chi connectivity index (χ2n) is 36.1. The van der Waals surface area contributed by atoms with Gasteiger partial charge < -0.3 is 13.3 Å². The van der Waals surface area contributed by atoms with E-state index in [2.05, 4.69) is 364 Å². The minimum atomic E-state index is 0.606. The third-order valence-electron chi connectivity index (χ3n) is 27.5. The number of furan rings is 3. The Morgan fingerprint density at radius 2 is 0.392 bits per heavy atom. The van der Waals surface area contributed by atoms with Gasteiger partial charge in [-0.2, -0.15) is 0 Å². The van der Waals surface area contributed by atoms with Gasteiger partial charge in [-0.1, -0.05) is 425 Å². The molecule has 0 radical (unpaired) electrons. The van der Waals surface area contributed by atoms with Gasteiger partial charge in [0.05, 0.1) is 0 Å². The van der Waals surface area contributed by atoms with Crippen molar-refractivity contribution in [1.82, 2.24) is 44.9 Å². The summed E-state index contributed by atoms with van der Waals surface area (Å²) in [5.41, 5.74) is 20.3. The average Bonchev–Trinajstić information content (AvgIpc) is 1.59. The molecular formula is C131H79N9O3. The molecule has 29 aromatic rings. The molecule has 23 aromatic carbocycles. The molecule has 29 rings (SSSR count). The van der Waals surface area contributed by atoms with Crippen LogP contribution in [0.3, 0.4) is 0 Å². The van der Waals surface area contributed by atoms with Gasteiger partial charge in [-0.3, -0.25) is 0 Å². The Balaban J connectivity index is 0.000000107. The fourth-order valence-corrected chi connectivity index (χ4v) is 20.4. The van der Waals surface area contributed by atoms with E-state index in [1.54, 1.807) is 0 Å². The van der Waals surface area contributed by atoms with Crippen LogP contribution in [0.5, 0.6) is 0 Å². The van der Waals surface area contributed by atoms with Gasteiger partial charge in [0.15, 0.2) is 52.4 Å². The fraction of sp³-hybridized carbons (Fsp3) is 0. The molecule has 0 aliphatic carbocycles. The van der Waals surface area contributed by atoms with Crippen LogP contribution in [0.4, 0.5) is 0 Å². The van der Waals surface area contributed by atoms with E-state index in [0.717, 1.165) is 186 Å². The van der Waals surface area contributed by atoms with Gasteiger partial charge in [0.25, 0.3) is 0 Å². The van der Waals surface area contributed by atoms with E-state index in [4.69, 9.17) is 58.1 Å². The summed E-state index contributed by atoms with van der Waals surface area (Å²) in [5.74, 6) is 5.57. The molecule has 12 heteroatoms. The molecule has 0 spiro atoms. The van der Waals surface area contributed by atoms with Crippen molar-refractivity contribution >= 4 is 152 Å². The molecule has 0 aliphatic rings. The molecule has 6 heterocycles. The van der Waals surface area contributed by atoms with Gasteiger partial charge >= 0.3 is 0 Å². The van der Waals surface area contributed by atoms with Crippen molar-refractivity contribution in [2.45, 2.75) is 0 Å². The van der Waals surface area contributed by atoms with Gasteiger partial charge in [0.2, 0.25) is 0 Å². The lowest BCUT2D eigenvalue weighted by molar-refractivity contribution is 0.669. The number of aromatic nitrogens is 9. The van der Waals surface area contributed by atoms with Crippen LogP contribution in [0.2, 0.25) is 0 Å². The van der Waals surface area contributed by atoms with E-state index in [-0.39, 0.29) is 0 Å². The third-order valence-corrected chi connectivity index (χ3v) is 27.5. The van der Waals surface area contributed by atoms with Crippen LogP contribution in [0.15, 0.2) is 492 Å². The topological polar surface area (TPSA) is 155 Å². The van der Waals surface area contributed by atoms with Gasteiger partial charge in [-0.05, 0) is 158 Å². The first kappa shape index (κ1) is 83.0. The molecular weight excluding hydrogens is 1750 g/mol. The van der Waals surface area contributed by atoms with Crippen LogP contribution < -0.4 is 0 Å². The Hall–Kier alpha value is -19.4. The number of para-hydroxylation sites is 1. The molecule has 0 fully saturated rings. The van der Waals surface area contributed by atoms with E-state index in [1.807, 2.05) is 115 Å². The largest absolute Gasteiger partial charge is 0.456 e. The van der Waals surface area contributed by atoms with Crippen molar-refractivity contribution in [3.8, 4) is 136 Å². The molecule has 0 bridgehead atoms. The fourth-order valence-electron chi connectivity index (χ4n) is 20.4. The summed E-state index contributed by atoms with van der Waals surface area (Å²) < 4.78 is 19.8. The second kappa shape index (κ2) is 35.0. The molecule has 12 nitrogen and oxygen atoms in total. The summed E-state index contributed by atoms with van der Waals surface area (Å²) in [7, 11) is 0. The number of benzene rings is 23. The van der Waals surface area contributed by atoms with Gasteiger partial charge in [-0.15, -0.1) is 0 Å². The lowest BCUT2D eigenvalue weighted by Crippen LogP contribution is -2.01. The molecule has 0 saturated carbocycles. The molecule has 0 atom stereocenters. The maximum absolute atomic E-state index is 6.78. The summed E-state index contributed by atoms with van der Waals surface area (Å²) >= 11 is 0. The van der Waals surface area contributed by atoms with E-state index >= 15 is 0 Å². The van der Waals surface area contributed by atoms with Crippen molar-refractivity contribution in [1.29, 1.82) is 0 Å². The van der Waals surface area contributed by atoms with E-state index < -0.39 is 0 Å². The van der Waals surface area contributed by atoms with E-state index in [0.29, 0.717) is 52.4 Å². The molecule has 666 valence electrons. The van der Waals surface area contributed by atoms with Crippen LogP contribution in [0, 0.1) is 0 Å². The Morgan fingerprint density at radius 3 is 0.797 bits per heavy atom. The SMILES string of the molecule is c1ccc(-c2nc(-c3ccc(-c4ccc5ccccc5c4)cc3)nc(-c3c4ccccc4cc4oc5c6ccccc6ccc5c34)n2)cc1.c1ccc(-c2nc(-c3ccc(-c4ccc5ccccc5c4)cc3)nc(-c3c4ccccc4cc4oc5ccccc5c34)n2)cc1.c1ccc(-c2nc(-c3ccc(-c4ccc5ccccc5c4)cc3)nc(-c3cc4ccccc4c4oc5c6ccccc6ccc5c34)n2)cc1. The zero-order valence-electron chi connectivity index (χ0n) is 76.9. The first-order chi connectivity index (χ1) is 70.8. The molecule has 0 N–H and O–H groups in total. The number of rotatable bonds is 12. The molecule has 143 heavy (non-hydrogen) atoms. The molecule has 0 saturated heterocycles. The first-order valence-electron chi connectivity index (χ1n) is 47.9. The van der Waals surface area contributed by atoms with Crippen molar-refractivity contribution in [2.75, 3.05) is 0 Å². The Kier molecular flexibility index (Phi) is 20.3. The highest BCUT2D eigenvalue weighted by molar-refractivity contribution is 6.27. The highest BCUT2D eigenvalue weighted by Gasteiger charge is 2.27. The maximum Gasteiger partial charge on any atom is 0.165 e. The quantitative estimate of drug-likeness (QED) is 0.114. The predicted octanol–water partition coefficient (Wildman–Crippen LogP) is 34.5. The highest BCUT2D eigenvalue weighted by atomic mass is 16.3. The van der Waals surface area contributed by atoms with Crippen molar-refractivity contribution in [2.24, 2.45) is 0 Å². The lowest BCUT2D eigenvalue weighted by atomic mass is 9.97. The summed E-state index contributed by atoms with van der Waals surface area (Å²) in [6.45, 7) is 0. The van der Waals surface area contributed by atoms with Crippen LogP contribution in [-0.2, 0) is 0 Å². The number of fused-ring (bicyclic) bond motifs is 20. The molecule has 0 amide bonds. The van der Waals surface area contributed by atoms with Crippen molar-refractivity contribution in [3.63, 3.8) is 0 Å². The van der Waals surface area contributed by atoms with Crippen molar-refractivity contribution in [3.05, 3.63) is 479 Å². The Labute approximate surface area is 819 Å². The monoisotopic (exact) mass is 1830 g/mol. The number of hydrogen-bond donors (Lipinski definition) is 0. The second-order valence-corrected chi connectivity index (χ2v) is 36.1. The van der Waals surface area contributed by atoms with Crippen LogP contribution in [-0.4, -0.2) is 44.9 Å². The summed E-state index contributed by atoms with van der Waals surface area (Å²) in [5, 5.41) is 24.3. The number of hydrogen-bond acceptors (Lipinski definition) is 12. The zero-order chi connectivity index (χ0) is 94.4. The molecule has 0 unspecified atom stereocenters. The Morgan fingerprint density at radius 1 is 0.126 bits per heavy atom. The average molecular weight is 1830 g/mol. The molecule has 0 aliphatic heterocycles. The maximum atomic E-state index is 6.78. The predicted molar refractivity (Wildman–Crippen MR) is 587 cm³/mol. The Bertz CT molecular complexity index is 10100. The van der Waals surface area contributed by atoms with Gasteiger partial charge in [0, 0.05) is 98.5 Å². The van der Waals surface area contributed by atoms with Gasteiger partial charge in [-0.25, -0.2) is 44.9 Å². The standard InChI is InChI=1S/2C45H27N3O.C41H25N3O/c1-2-12-31(13-3-1)43-46-44(32-21-18-29(19-22-32)34-23-20-28-10-4-5-14-33(28)26-34)48-45(47-43)41-36-16-8-7-15-35(36)27-39-40(41)38-25-24-30-11-6-9-17-37(30)42(38)49-39;1-2-12-31(13-3-1)43-46-44(32-21-18-29(19-22-32)34-23-20-28-10-4-5-14-33(28)26-34)48-45(47-43)39-27-35-15-7-9-17-37(35)42-40(39)38-25-24-30-11-6-8-16-36(30)41(38)49-42;1-2-11-28(12-3-1)39-42-40(29-21-18-27(19-22-29)31-23-20-26-10-4-5-13-30(26)24-31)44-41(43-39)38-33-15-7-6-14-32(33)25-36-37(38)34-16-8-9-17-35(34)45-36/h2*1-27H;1-25H. The third kappa shape index (κ3) is 15.2. The van der Waals surface area contributed by atoms with Crippen LogP contribution >= 0.6 is 0 Å². The minimum absolute atomic E-state index is 0.606. The van der Waals surface area contributed by atoms with Gasteiger partial charge in [0.1, 0.15) is 33.5 Å². The van der Waals surface area contributed by atoms with E-state index in [9.17, 15) is 0 Å². The van der Waals surface area contributed by atoms with Crippen LogP contribution in [0.25, 0.3) is 288 Å². The van der Waals surface area contributed by atoms with Crippen LogP contribution in [0.1, 0.15) is 0 Å².